The first-order valence-electron chi connectivity index (χ1n) is 6.87. The zero-order valence-electron chi connectivity index (χ0n) is 13.2. The van der Waals surface area contributed by atoms with Crippen LogP contribution in [0.4, 0.5) is 0 Å². The highest BCUT2D eigenvalue weighted by Crippen LogP contribution is 2.23. The van der Waals surface area contributed by atoms with Crippen LogP contribution in [0, 0.1) is 0 Å². The van der Waals surface area contributed by atoms with Gasteiger partial charge in [0.2, 0.25) is 0 Å². The van der Waals surface area contributed by atoms with Gasteiger partial charge in [-0.2, -0.15) is 0 Å². The Kier molecular flexibility index (Phi) is 5.83. The number of benzene rings is 1. The van der Waals surface area contributed by atoms with Gasteiger partial charge in [-0.05, 0) is 19.9 Å². The Bertz CT molecular complexity index is 599. The Balaban J connectivity index is 0.00000200. The maximum absolute atomic E-state index is 2.35. The molecule has 0 atom stereocenters. The topological polar surface area (TPSA) is 4.93 Å². The highest BCUT2D eigenvalue weighted by Gasteiger charge is 2.14. The molecule has 0 bridgehead atoms. The van der Waals surface area contributed by atoms with Crippen molar-refractivity contribution in [3.05, 3.63) is 47.7 Å². The number of allylic oxidation sites excluding steroid dienone is 2. The van der Waals surface area contributed by atoms with Crippen LogP contribution in [-0.4, -0.2) is 30.2 Å². The Morgan fingerprint density at radius 2 is 1.80 bits per heavy atom. The predicted octanol–water partition coefficient (Wildman–Crippen LogP) is 0.818. The lowest BCUT2D eigenvalue weighted by Crippen LogP contribution is -3.00. The van der Waals surface area contributed by atoms with Crippen molar-refractivity contribution in [1.29, 1.82) is 0 Å². The summed E-state index contributed by atoms with van der Waals surface area (Å²) in [4.78, 5) is 0. The first kappa shape index (κ1) is 17.2. The average molecular weight is 384 g/mol. The molecule has 0 aliphatic rings. The molecule has 0 fully saturated rings. The van der Waals surface area contributed by atoms with E-state index in [2.05, 4.69) is 76.1 Å². The average Bonchev–Trinajstić information content (AvgIpc) is 2.63. The molecule has 2 nitrogen and oxygen atoms in total. The monoisotopic (exact) mass is 384 g/mol. The number of rotatable bonds is 4. The molecule has 1 aromatic heterocycles. The lowest BCUT2D eigenvalue weighted by Gasteiger charge is -2.23. The normalized spacial score (nSPS) is 11.2. The van der Waals surface area contributed by atoms with E-state index in [1.807, 2.05) is 0 Å². The highest BCUT2D eigenvalue weighted by molar-refractivity contribution is 5.83. The number of aromatic nitrogens is 1. The van der Waals surface area contributed by atoms with Crippen LogP contribution in [0.1, 0.15) is 19.4 Å². The molecular formula is C17H25IN2. The summed E-state index contributed by atoms with van der Waals surface area (Å²) in [6, 6.07) is 8.70. The minimum absolute atomic E-state index is 0. The van der Waals surface area contributed by atoms with E-state index in [-0.39, 0.29) is 24.0 Å². The Morgan fingerprint density at radius 1 is 1.15 bits per heavy atom. The molecule has 2 rings (SSSR count). The van der Waals surface area contributed by atoms with Crippen LogP contribution in [0.2, 0.25) is 0 Å². The van der Waals surface area contributed by atoms with E-state index >= 15 is 0 Å². The van der Waals surface area contributed by atoms with Gasteiger partial charge in [-0.1, -0.05) is 29.8 Å². The second-order valence-corrected chi connectivity index (χ2v) is 6.55. The van der Waals surface area contributed by atoms with Crippen molar-refractivity contribution >= 4 is 10.9 Å². The standard InChI is InChI=1S/C17H25N2.HI/c1-14(2)10-11-18-12-15(13-19(3,4)5)16-8-6-7-9-17(16)18;/h6-10,12H,11,13H2,1-5H3;1H/q+1;/p-1. The number of hydrogen-bond donors (Lipinski definition) is 0. The fraction of sp³-hybridized carbons (Fsp3) is 0.412. The molecule has 0 N–H and O–H groups in total. The Morgan fingerprint density at radius 3 is 2.40 bits per heavy atom. The SMILES string of the molecule is CC(C)=CCn1cc(C[N+](C)(C)C)c2ccccc21.[I-]. The molecule has 1 heterocycles. The number of fused-ring (bicyclic) bond motifs is 1. The molecule has 3 heteroatoms. The molecule has 0 radical (unpaired) electrons. The van der Waals surface area contributed by atoms with Crippen LogP contribution in [0.3, 0.4) is 0 Å². The summed E-state index contributed by atoms with van der Waals surface area (Å²) in [6.45, 7) is 6.32. The van der Waals surface area contributed by atoms with Crippen molar-refractivity contribution in [1.82, 2.24) is 4.57 Å². The van der Waals surface area contributed by atoms with Crippen molar-refractivity contribution in [3.8, 4) is 0 Å². The van der Waals surface area contributed by atoms with Crippen LogP contribution in [0.15, 0.2) is 42.1 Å². The van der Waals surface area contributed by atoms with Gasteiger partial charge in [-0.3, -0.25) is 0 Å². The maximum atomic E-state index is 2.35. The third kappa shape index (κ3) is 4.35. The summed E-state index contributed by atoms with van der Waals surface area (Å²) in [6.07, 6.45) is 4.59. The smallest absolute Gasteiger partial charge is 0.106 e. The first-order chi connectivity index (χ1) is 8.87. The molecule has 0 spiro atoms. The van der Waals surface area contributed by atoms with Crippen LogP contribution < -0.4 is 24.0 Å². The van der Waals surface area contributed by atoms with Crippen LogP contribution in [0.25, 0.3) is 10.9 Å². The third-order valence-corrected chi connectivity index (χ3v) is 3.21. The highest BCUT2D eigenvalue weighted by atomic mass is 127. The van der Waals surface area contributed by atoms with Crippen LogP contribution >= 0.6 is 0 Å². The molecule has 0 amide bonds. The van der Waals surface area contributed by atoms with Gasteiger partial charge in [-0.15, -0.1) is 0 Å². The predicted molar refractivity (Wildman–Crippen MR) is 83.1 cm³/mol. The number of halogens is 1. The van der Waals surface area contributed by atoms with Gasteiger partial charge >= 0.3 is 0 Å². The summed E-state index contributed by atoms with van der Waals surface area (Å²) < 4.78 is 3.31. The van der Waals surface area contributed by atoms with Gasteiger partial charge < -0.3 is 33.0 Å². The number of para-hydroxylation sites is 1. The van der Waals surface area contributed by atoms with E-state index in [0.717, 1.165) is 17.6 Å². The molecule has 0 saturated heterocycles. The van der Waals surface area contributed by atoms with Gasteiger partial charge in [0.05, 0.1) is 21.1 Å². The van der Waals surface area contributed by atoms with Gasteiger partial charge in [0.15, 0.2) is 0 Å². The second kappa shape index (κ2) is 6.76. The fourth-order valence-electron chi connectivity index (χ4n) is 2.39. The van der Waals surface area contributed by atoms with E-state index in [1.165, 1.54) is 22.0 Å². The molecule has 0 unspecified atom stereocenters. The quantitative estimate of drug-likeness (QED) is 0.418. The number of hydrogen-bond acceptors (Lipinski definition) is 0. The minimum Gasteiger partial charge on any atom is -1.00 e. The van der Waals surface area contributed by atoms with Gasteiger partial charge in [-0.25, -0.2) is 0 Å². The van der Waals surface area contributed by atoms with Crippen LogP contribution in [0.5, 0.6) is 0 Å². The lowest BCUT2D eigenvalue weighted by atomic mass is 10.1. The van der Waals surface area contributed by atoms with E-state index in [0.29, 0.717) is 0 Å². The second-order valence-electron chi connectivity index (χ2n) is 6.55. The summed E-state index contributed by atoms with van der Waals surface area (Å²) in [7, 11) is 6.71. The molecule has 20 heavy (non-hydrogen) atoms. The zero-order chi connectivity index (χ0) is 14.0. The van der Waals surface area contributed by atoms with Crippen LogP contribution in [-0.2, 0) is 13.1 Å². The summed E-state index contributed by atoms with van der Waals surface area (Å²) >= 11 is 0. The number of nitrogens with zero attached hydrogens (tertiary/aromatic N) is 2. The summed E-state index contributed by atoms with van der Waals surface area (Å²) in [5, 5.41) is 1.39. The third-order valence-electron chi connectivity index (χ3n) is 3.21. The zero-order valence-corrected chi connectivity index (χ0v) is 15.3. The maximum Gasteiger partial charge on any atom is 0.106 e. The van der Waals surface area contributed by atoms with Crippen molar-refractivity contribution in [2.45, 2.75) is 26.9 Å². The van der Waals surface area contributed by atoms with E-state index in [9.17, 15) is 0 Å². The largest absolute Gasteiger partial charge is 1.00 e. The van der Waals surface area contributed by atoms with E-state index in [4.69, 9.17) is 0 Å². The molecule has 0 aliphatic carbocycles. The number of quaternary nitrogens is 1. The molecule has 2 aromatic rings. The van der Waals surface area contributed by atoms with E-state index < -0.39 is 0 Å². The van der Waals surface area contributed by atoms with Crippen molar-refractivity contribution < 1.29 is 28.5 Å². The first-order valence-corrected chi connectivity index (χ1v) is 6.87. The van der Waals surface area contributed by atoms with Gasteiger partial charge in [0.1, 0.15) is 6.54 Å². The van der Waals surface area contributed by atoms with Gasteiger partial charge in [0.25, 0.3) is 0 Å². The van der Waals surface area contributed by atoms with Crippen molar-refractivity contribution in [2.75, 3.05) is 21.1 Å². The summed E-state index contributed by atoms with van der Waals surface area (Å²) in [5.74, 6) is 0. The van der Waals surface area contributed by atoms with Gasteiger partial charge in [0, 0.05) is 29.2 Å². The molecule has 110 valence electrons. The lowest BCUT2D eigenvalue weighted by molar-refractivity contribution is -0.883. The van der Waals surface area contributed by atoms with E-state index in [1.54, 1.807) is 0 Å². The molecule has 0 saturated carbocycles. The molecule has 0 aliphatic heterocycles. The fourth-order valence-corrected chi connectivity index (χ4v) is 2.39. The minimum atomic E-state index is 0. The Labute approximate surface area is 139 Å². The van der Waals surface area contributed by atoms with Crippen molar-refractivity contribution in [3.63, 3.8) is 0 Å². The van der Waals surface area contributed by atoms with Crippen molar-refractivity contribution in [2.24, 2.45) is 0 Å². The summed E-state index contributed by atoms with van der Waals surface area (Å²) in [5.41, 5.74) is 4.14. The molecule has 1 aromatic carbocycles. The molecular weight excluding hydrogens is 359 g/mol. The Hall–Kier alpha value is -0.810.